The number of rotatable bonds is 8. The van der Waals surface area contributed by atoms with Crippen LogP contribution >= 0.6 is 0 Å². The zero-order valence-corrected chi connectivity index (χ0v) is 19.9. The molecule has 0 bridgehead atoms. The number of H-pyrrole nitrogens is 1. The minimum Gasteiger partial charge on any atom is -0.355 e. The fourth-order valence-electron chi connectivity index (χ4n) is 4.01. The minimum absolute atomic E-state index is 0.0546. The van der Waals surface area contributed by atoms with Crippen LogP contribution in [0.3, 0.4) is 0 Å². The van der Waals surface area contributed by atoms with Crippen LogP contribution in [-0.2, 0) is 26.8 Å². The molecule has 3 aromatic rings. The lowest BCUT2D eigenvalue weighted by molar-refractivity contribution is -0.131. The van der Waals surface area contributed by atoms with E-state index in [1.54, 1.807) is 18.3 Å². The molecule has 11 heteroatoms. The van der Waals surface area contributed by atoms with Crippen LogP contribution in [0.15, 0.2) is 48.7 Å². The van der Waals surface area contributed by atoms with E-state index in [4.69, 9.17) is 0 Å². The van der Waals surface area contributed by atoms with Gasteiger partial charge < -0.3 is 20.5 Å². The summed E-state index contributed by atoms with van der Waals surface area (Å²) in [6.45, 7) is 1.49. The summed E-state index contributed by atoms with van der Waals surface area (Å²) in [6.07, 6.45) is 1.83. The number of ketones is 1. The topological polar surface area (TPSA) is 141 Å². The molecule has 3 heterocycles. The van der Waals surface area contributed by atoms with E-state index in [0.29, 0.717) is 34.0 Å². The molecule has 0 saturated carbocycles. The van der Waals surface area contributed by atoms with Crippen LogP contribution in [0.25, 0.3) is 11.3 Å². The average Bonchev–Trinajstić information content (AvgIpc) is 3.18. The number of nitrogens with zero attached hydrogens (tertiary/aromatic N) is 2. The van der Waals surface area contributed by atoms with Gasteiger partial charge in [0.25, 0.3) is 0 Å². The number of carbonyl (C=O) groups is 3. The Bertz CT molecular complexity index is 1340. The molecule has 1 aromatic carbocycles. The molecular formula is C24H25N5O5S. The SMILES string of the molecule is CC(=O)Nc1cc(-c2[nH]c3c(c2Nc2ccccc2)C(=O)CN(C(=O)CCC[SH](=O)=O)C3)ccn1. The van der Waals surface area contributed by atoms with Crippen LogP contribution in [0.2, 0.25) is 0 Å². The Hall–Kier alpha value is -3.99. The molecule has 3 N–H and O–H groups in total. The predicted molar refractivity (Wildman–Crippen MR) is 132 cm³/mol. The average molecular weight is 496 g/mol. The zero-order valence-electron chi connectivity index (χ0n) is 19.0. The second kappa shape index (κ2) is 10.5. The van der Waals surface area contributed by atoms with Crippen LogP contribution in [0.1, 0.15) is 35.8 Å². The molecule has 2 amide bonds. The molecule has 10 nitrogen and oxygen atoms in total. The molecule has 4 rings (SSSR count). The van der Waals surface area contributed by atoms with Gasteiger partial charge in [0, 0.05) is 42.2 Å². The van der Waals surface area contributed by atoms with Crippen molar-refractivity contribution in [2.24, 2.45) is 0 Å². The van der Waals surface area contributed by atoms with Crippen molar-refractivity contribution in [2.45, 2.75) is 26.3 Å². The normalized spacial score (nSPS) is 13.0. The van der Waals surface area contributed by atoms with E-state index >= 15 is 0 Å². The van der Waals surface area contributed by atoms with Crippen LogP contribution in [0.4, 0.5) is 17.2 Å². The largest absolute Gasteiger partial charge is 0.355 e. The number of fused-ring (bicyclic) bond motifs is 1. The number of aromatic nitrogens is 2. The third-order valence-corrected chi connectivity index (χ3v) is 6.20. The fourth-order valence-corrected chi connectivity index (χ4v) is 4.43. The van der Waals surface area contributed by atoms with Gasteiger partial charge in [0.2, 0.25) is 11.8 Å². The fraction of sp³-hybridized carbons (Fsp3) is 0.250. The second-order valence-electron chi connectivity index (χ2n) is 8.16. The molecule has 1 aliphatic heterocycles. The summed E-state index contributed by atoms with van der Waals surface area (Å²) in [6, 6.07) is 12.9. The molecular weight excluding hydrogens is 470 g/mol. The van der Waals surface area contributed by atoms with Gasteiger partial charge in [0.05, 0.1) is 30.0 Å². The molecule has 0 unspecified atom stereocenters. The van der Waals surface area contributed by atoms with Gasteiger partial charge >= 0.3 is 0 Å². The number of Topliss-reactive ketones (excluding diaryl/α,β-unsaturated/α-hetero) is 1. The molecule has 0 fully saturated rings. The summed E-state index contributed by atoms with van der Waals surface area (Å²) in [5.41, 5.74) is 3.72. The van der Waals surface area contributed by atoms with Gasteiger partial charge in [0.15, 0.2) is 5.78 Å². The Morgan fingerprint density at radius 3 is 2.63 bits per heavy atom. The summed E-state index contributed by atoms with van der Waals surface area (Å²) >= 11 is 0. The van der Waals surface area contributed by atoms with Crippen LogP contribution in [-0.4, -0.2) is 53.2 Å². The standard InChI is InChI=1S/C24H25N5O5S/c1-15(30)26-20-12-16(9-10-25-20)23-24(27-17-6-3-2-4-7-17)22-18(28-23)13-29(14-19(22)31)21(32)8-5-11-35(33)34/h2-4,6-7,9-10,12,27-28,35H,5,8,11,13-14H2,1H3,(H,25,26,30). The third-order valence-electron chi connectivity index (χ3n) is 5.52. The lowest BCUT2D eigenvalue weighted by Gasteiger charge is -2.26. The minimum atomic E-state index is -2.54. The maximum atomic E-state index is 13.2. The van der Waals surface area contributed by atoms with E-state index in [1.165, 1.54) is 11.8 Å². The van der Waals surface area contributed by atoms with Crippen molar-refractivity contribution in [3.63, 3.8) is 0 Å². The molecule has 182 valence electrons. The van der Waals surface area contributed by atoms with Crippen molar-refractivity contribution in [3.05, 3.63) is 59.9 Å². The monoisotopic (exact) mass is 495 g/mol. The molecule has 2 aromatic heterocycles. The number of pyridine rings is 1. The molecule has 0 aliphatic carbocycles. The Labute approximate surface area is 203 Å². The van der Waals surface area contributed by atoms with Crippen LogP contribution in [0, 0.1) is 0 Å². The molecule has 0 atom stereocenters. The first-order valence-electron chi connectivity index (χ1n) is 11.1. The quantitative estimate of drug-likeness (QED) is 0.352. The molecule has 35 heavy (non-hydrogen) atoms. The van der Waals surface area contributed by atoms with E-state index in [-0.39, 0.29) is 49.3 Å². The predicted octanol–water partition coefficient (Wildman–Crippen LogP) is 2.70. The Morgan fingerprint density at radius 1 is 1.14 bits per heavy atom. The maximum Gasteiger partial charge on any atom is 0.223 e. The number of hydrogen-bond donors (Lipinski definition) is 4. The van der Waals surface area contributed by atoms with Gasteiger partial charge in [-0.05, 0) is 30.7 Å². The summed E-state index contributed by atoms with van der Waals surface area (Å²) in [5, 5.41) is 5.99. The summed E-state index contributed by atoms with van der Waals surface area (Å²) in [7, 11) is -2.54. The molecule has 1 aliphatic rings. The van der Waals surface area contributed by atoms with Crippen molar-refractivity contribution in [1.29, 1.82) is 0 Å². The maximum absolute atomic E-state index is 13.2. The summed E-state index contributed by atoms with van der Waals surface area (Å²) in [5.74, 6) is -0.454. The number of thiol groups is 1. The summed E-state index contributed by atoms with van der Waals surface area (Å²) < 4.78 is 21.6. The number of para-hydroxylation sites is 1. The first-order chi connectivity index (χ1) is 16.8. The Kier molecular flexibility index (Phi) is 7.25. The Morgan fingerprint density at radius 2 is 1.91 bits per heavy atom. The van der Waals surface area contributed by atoms with Gasteiger partial charge in [-0.3, -0.25) is 14.4 Å². The number of carbonyl (C=O) groups excluding carboxylic acids is 3. The smallest absolute Gasteiger partial charge is 0.223 e. The highest BCUT2D eigenvalue weighted by Gasteiger charge is 2.32. The van der Waals surface area contributed by atoms with Gasteiger partial charge in [-0.25, -0.2) is 13.4 Å². The van der Waals surface area contributed by atoms with Crippen molar-refractivity contribution >= 4 is 45.5 Å². The van der Waals surface area contributed by atoms with Crippen molar-refractivity contribution in [2.75, 3.05) is 22.9 Å². The van der Waals surface area contributed by atoms with E-state index in [0.717, 1.165) is 5.69 Å². The number of nitrogens with one attached hydrogen (secondary N) is 3. The first-order valence-corrected chi connectivity index (χ1v) is 12.4. The lowest BCUT2D eigenvalue weighted by atomic mass is 10.0. The van der Waals surface area contributed by atoms with E-state index in [9.17, 15) is 22.8 Å². The van der Waals surface area contributed by atoms with Crippen molar-refractivity contribution < 1.29 is 22.8 Å². The number of amides is 2. The van der Waals surface area contributed by atoms with Gasteiger partial charge in [-0.15, -0.1) is 0 Å². The zero-order chi connectivity index (χ0) is 24.9. The third kappa shape index (κ3) is 5.75. The number of hydrogen-bond acceptors (Lipinski definition) is 7. The first kappa shape index (κ1) is 24.1. The highest BCUT2D eigenvalue weighted by Crippen LogP contribution is 2.38. The van der Waals surface area contributed by atoms with Gasteiger partial charge in [-0.2, -0.15) is 0 Å². The number of anilines is 3. The van der Waals surface area contributed by atoms with E-state index < -0.39 is 10.7 Å². The Balaban J connectivity index is 1.71. The van der Waals surface area contributed by atoms with Crippen LogP contribution < -0.4 is 10.6 Å². The van der Waals surface area contributed by atoms with E-state index in [1.807, 2.05) is 30.3 Å². The highest BCUT2D eigenvalue weighted by atomic mass is 32.2. The van der Waals surface area contributed by atoms with Crippen LogP contribution in [0.5, 0.6) is 0 Å². The number of aromatic amines is 1. The molecule has 0 spiro atoms. The van der Waals surface area contributed by atoms with Crippen molar-refractivity contribution in [3.8, 4) is 11.3 Å². The van der Waals surface area contributed by atoms with Gasteiger partial charge in [-0.1, -0.05) is 18.2 Å². The summed E-state index contributed by atoms with van der Waals surface area (Å²) in [4.78, 5) is 46.3. The lowest BCUT2D eigenvalue weighted by Crippen LogP contribution is -2.39. The molecule has 0 saturated heterocycles. The second-order valence-corrected chi connectivity index (χ2v) is 9.28. The molecule has 0 radical (unpaired) electrons. The van der Waals surface area contributed by atoms with Gasteiger partial charge in [0.1, 0.15) is 16.5 Å². The van der Waals surface area contributed by atoms with E-state index in [2.05, 4.69) is 20.6 Å². The number of benzene rings is 1. The highest BCUT2D eigenvalue weighted by molar-refractivity contribution is 7.72. The van der Waals surface area contributed by atoms with Crippen molar-refractivity contribution in [1.82, 2.24) is 14.9 Å².